The molecule has 3 heteroatoms. The minimum absolute atomic E-state index is 0.434. The van der Waals surface area contributed by atoms with Crippen molar-refractivity contribution in [2.24, 2.45) is 5.73 Å². The molecule has 0 unspecified atom stereocenters. The molecule has 0 aliphatic heterocycles. The highest BCUT2D eigenvalue weighted by molar-refractivity contribution is 5.95. The van der Waals surface area contributed by atoms with E-state index in [4.69, 9.17) is 10.5 Å². The molecule has 0 aliphatic rings. The van der Waals surface area contributed by atoms with Crippen LogP contribution in [0, 0.1) is 0 Å². The zero-order chi connectivity index (χ0) is 20.3. The van der Waals surface area contributed by atoms with Gasteiger partial charge in [-0.2, -0.15) is 0 Å². The molecule has 3 nitrogen and oxygen atoms in total. The Balaban J connectivity index is 1.88. The average molecular weight is 388 g/mol. The van der Waals surface area contributed by atoms with Crippen LogP contribution in [0.2, 0.25) is 0 Å². The number of carbonyl (C=O) groups excluding carboxylic acids is 1. The standard InChI is InChI=1S/C25H41NO2/c1-2-3-4-5-6-7-8-9-10-11-12-13-14-15-16-19-22-28-24-21-18-17-20-23(24)25(26)27/h9-10,17-18,20-21H,2-8,11-16,19,22H2,1H3,(H2,26,27)/b10-9-. The van der Waals surface area contributed by atoms with Crippen LogP contribution in [0.4, 0.5) is 0 Å². The maximum Gasteiger partial charge on any atom is 0.252 e. The molecule has 28 heavy (non-hydrogen) atoms. The van der Waals surface area contributed by atoms with Crippen molar-refractivity contribution >= 4 is 5.91 Å². The lowest BCUT2D eigenvalue weighted by atomic mass is 10.1. The molecule has 0 aliphatic carbocycles. The summed E-state index contributed by atoms with van der Waals surface area (Å²) >= 11 is 0. The summed E-state index contributed by atoms with van der Waals surface area (Å²) in [7, 11) is 0. The van der Waals surface area contributed by atoms with Gasteiger partial charge in [0.1, 0.15) is 5.75 Å². The zero-order valence-corrected chi connectivity index (χ0v) is 18.0. The number of unbranched alkanes of at least 4 members (excludes halogenated alkanes) is 12. The Labute approximate surface area is 172 Å². The molecule has 0 saturated heterocycles. The predicted octanol–water partition coefficient (Wildman–Crippen LogP) is 7.20. The van der Waals surface area contributed by atoms with E-state index in [9.17, 15) is 4.79 Å². The molecule has 0 radical (unpaired) electrons. The first-order chi connectivity index (χ1) is 13.8. The highest BCUT2D eigenvalue weighted by atomic mass is 16.5. The third-order valence-corrected chi connectivity index (χ3v) is 5.07. The maximum absolute atomic E-state index is 11.3. The normalized spacial score (nSPS) is 11.2. The van der Waals surface area contributed by atoms with Crippen LogP contribution in [0.25, 0.3) is 0 Å². The van der Waals surface area contributed by atoms with E-state index >= 15 is 0 Å². The van der Waals surface area contributed by atoms with Gasteiger partial charge in [0, 0.05) is 0 Å². The molecule has 158 valence electrons. The van der Waals surface area contributed by atoms with E-state index in [1.807, 2.05) is 6.07 Å². The number of rotatable bonds is 18. The van der Waals surface area contributed by atoms with Gasteiger partial charge in [-0.05, 0) is 44.2 Å². The first-order valence-electron chi connectivity index (χ1n) is 11.4. The van der Waals surface area contributed by atoms with Crippen molar-refractivity contribution in [1.29, 1.82) is 0 Å². The molecule has 1 aromatic carbocycles. The van der Waals surface area contributed by atoms with Gasteiger partial charge in [0.05, 0.1) is 12.2 Å². The third-order valence-electron chi connectivity index (χ3n) is 5.07. The van der Waals surface area contributed by atoms with Gasteiger partial charge in [-0.15, -0.1) is 0 Å². The Kier molecular flexibility index (Phi) is 15.0. The fourth-order valence-corrected chi connectivity index (χ4v) is 3.33. The highest BCUT2D eigenvalue weighted by Crippen LogP contribution is 2.18. The number of para-hydroxylation sites is 1. The molecule has 2 N–H and O–H groups in total. The second-order valence-electron chi connectivity index (χ2n) is 7.65. The average Bonchev–Trinajstić information content (AvgIpc) is 2.70. The van der Waals surface area contributed by atoms with E-state index in [-0.39, 0.29) is 0 Å². The lowest BCUT2D eigenvalue weighted by molar-refractivity contribution is 0.0996. The van der Waals surface area contributed by atoms with Gasteiger partial charge in [0.15, 0.2) is 0 Å². The summed E-state index contributed by atoms with van der Waals surface area (Å²) < 4.78 is 5.71. The van der Waals surface area contributed by atoms with Crippen LogP contribution < -0.4 is 10.5 Å². The van der Waals surface area contributed by atoms with Gasteiger partial charge in [0.2, 0.25) is 0 Å². The first-order valence-corrected chi connectivity index (χ1v) is 11.4. The maximum atomic E-state index is 11.3. The topological polar surface area (TPSA) is 52.3 Å². The molecule has 0 atom stereocenters. The number of nitrogens with two attached hydrogens (primary N) is 1. The fraction of sp³-hybridized carbons (Fsp3) is 0.640. The summed E-state index contributed by atoms with van der Waals surface area (Å²) in [5.41, 5.74) is 5.82. The van der Waals surface area contributed by atoms with E-state index in [1.165, 1.54) is 83.5 Å². The monoisotopic (exact) mass is 387 g/mol. The van der Waals surface area contributed by atoms with Crippen LogP contribution in [0.5, 0.6) is 5.75 Å². The van der Waals surface area contributed by atoms with Gasteiger partial charge in [-0.25, -0.2) is 0 Å². The van der Waals surface area contributed by atoms with Crippen LogP contribution in [0.3, 0.4) is 0 Å². The predicted molar refractivity (Wildman–Crippen MR) is 120 cm³/mol. The summed E-state index contributed by atoms with van der Waals surface area (Å²) in [6.07, 6.45) is 22.9. The van der Waals surface area contributed by atoms with E-state index < -0.39 is 5.91 Å². The van der Waals surface area contributed by atoms with Crippen molar-refractivity contribution in [3.8, 4) is 5.75 Å². The second kappa shape index (κ2) is 17.3. The summed E-state index contributed by atoms with van der Waals surface area (Å²) in [4.78, 5) is 11.3. The summed E-state index contributed by atoms with van der Waals surface area (Å²) in [5, 5.41) is 0. The van der Waals surface area contributed by atoms with Gasteiger partial charge >= 0.3 is 0 Å². The summed E-state index contributed by atoms with van der Waals surface area (Å²) in [6.45, 7) is 2.91. The van der Waals surface area contributed by atoms with E-state index in [1.54, 1.807) is 18.2 Å². The number of ether oxygens (including phenoxy) is 1. The zero-order valence-electron chi connectivity index (χ0n) is 18.0. The van der Waals surface area contributed by atoms with Gasteiger partial charge < -0.3 is 10.5 Å². The Morgan fingerprint density at radius 1 is 0.821 bits per heavy atom. The fourth-order valence-electron chi connectivity index (χ4n) is 3.33. The molecule has 0 aromatic heterocycles. The second-order valence-corrected chi connectivity index (χ2v) is 7.65. The molecule has 0 bridgehead atoms. The van der Waals surface area contributed by atoms with Crippen molar-refractivity contribution in [2.75, 3.05) is 6.61 Å². The quantitative estimate of drug-likeness (QED) is 0.214. The van der Waals surface area contributed by atoms with Gasteiger partial charge in [0.25, 0.3) is 5.91 Å². The molecule has 1 amide bonds. The number of carbonyl (C=O) groups is 1. The Morgan fingerprint density at radius 3 is 1.96 bits per heavy atom. The molecular formula is C25H41NO2. The van der Waals surface area contributed by atoms with Crippen molar-refractivity contribution in [3.63, 3.8) is 0 Å². The number of hydrogen-bond acceptors (Lipinski definition) is 2. The van der Waals surface area contributed by atoms with Crippen LogP contribution >= 0.6 is 0 Å². The summed E-state index contributed by atoms with van der Waals surface area (Å²) in [5.74, 6) is 0.166. The van der Waals surface area contributed by atoms with Crippen molar-refractivity contribution in [2.45, 2.75) is 96.8 Å². The summed E-state index contributed by atoms with van der Waals surface area (Å²) in [6, 6.07) is 7.18. The van der Waals surface area contributed by atoms with Crippen molar-refractivity contribution in [3.05, 3.63) is 42.0 Å². The Hall–Kier alpha value is -1.77. The number of benzene rings is 1. The molecule has 0 heterocycles. The molecule has 0 fully saturated rings. The van der Waals surface area contributed by atoms with Crippen LogP contribution in [-0.2, 0) is 0 Å². The third kappa shape index (κ3) is 12.6. The number of amides is 1. The SMILES string of the molecule is CCCCCCCC/C=C\CCCCCCCCOc1ccccc1C(N)=O. The smallest absolute Gasteiger partial charge is 0.252 e. The van der Waals surface area contributed by atoms with Crippen LogP contribution in [-0.4, -0.2) is 12.5 Å². The molecule has 1 aromatic rings. The van der Waals surface area contributed by atoms with Crippen molar-refractivity contribution < 1.29 is 9.53 Å². The minimum Gasteiger partial charge on any atom is -0.493 e. The van der Waals surface area contributed by atoms with E-state index in [0.29, 0.717) is 17.9 Å². The Morgan fingerprint density at radius 2 is 1.36 bits per heavy atom. The molecular weight excluding hydrogens is 346 g/mol. The number of allylic oxidation sites excluding steroid dienone is 2. The minimum atomic E-state index is -0.434. The lowest BCUT2D eigenvalue weighted by Gasteiger charge is -2.09. The molecule has 0 spiro atoms. The lowest BCUT2D eigenvalue weighted by Crippen LogP contribution is -2.13. The Bertz CT molecular complexity index is 539. The number of hydrogen-bond donors (Lipinski definition) is 1. The van der Waals surface area contributed by atoms with Crippen molar-refractivity contribution in [1.82, 2.24) is 0 Å². The number of primary amides is 1. The van der Waals surface area contributed by atoms with Gasteiger partial charge in [-0.3, -0.25) is 4.79 Å². The molecule has 1 rings (SSSR count). The molecule has 0 saturated carbocycles. The van der Waals surface area contributed by atoms with Crippen LogP contribution in [0.1, 0.15) is 107 Å². The van der Waals surface area contributed by atoms with Crippen LogP contribution in [0.15, 0.2) is 36.4 Å². The highest BCUT2D eigenvalue weighted by Gasteiger charge is 2.07. The van der Waals surface area contributed by atoms with E-state index in [2.05, 4.69) is 19.1 Å². The van der Waals surface area contributed by atoms with Gasteiger partial charge in [-0.1, -0.05) is 89.0 Å². The largest absolute Gasteiger partial charge is 0.493 e. The van der Waals surface area contributed by atoms with E-state index in [0.717, 1.165) is 6.42 Å². The first kappa shape index (κ1) is 24.3.